The number of unbranched alkanes of at least 4 members (excludes halogenated alkanes) is 1. The molecule has 1 N–H and O–H groups in total. The smallest absolute Gasteiger partial charge is 0.358 e. The first-order chi connectivity index (χ1) is 10.2. The van der Waals surface area contributed by atoms with Gasteiger partial charge in [-0.25, -0.2) is 9.48 Å². The van der Waals surface area contributed by atoms with Crippen molar-refractivity contribution in [2.75, 3.05) is 0 Å². The zero-order valence-corrected chi connectivity index (χ0v) is 11.8. The first-order valence-electron chi connectivity index (χ1n) is 7.17. The number of nitrogens with zero attached hydrogens (tertiary/aromatic N) is 5. The van der Waals surface area contributed by atoms with Gasteiger partial charge in [0.1, 0.15) is 6.54 Å². The summed E-state index contributed by atoms with van der Waals surface area (Å²) in [5, 5.41) is 20.8. The number of carbonyl (C=O) groups is 1. The van der Waals surface area contributed by atoms with Crippen molar-refractivity contribution in [2.45, 2.75) is 51.5 Å². The van der Waals surface area contributed by atoms with Gasteiger partial charge in [0.2, 0.25) is 5.89 Å². The molecule has 0 bridgehead atoms. The summed E-state index contributed by atoms with van der Waals surface area (Å²) >= 11 is 0. The number of hydrogen-bond donors (Lipinski definition) is 1. The molecular formula is C13H17N5O3. The molecule has 2 heterocycles. The fourth-order valence-corrected chi connectivity index (χ4v) is 2.27. The van der Waals surface area contributed by atoms with Crippen LogP contribution in [0.2, 0.25) is 0 Å². The van der Waals surface area contributed by atoms with Crippen LogP contribution in [-0.4, -0.2) is 36.2 Å². The van der Waals surface area contributed by atoms with Crippen LogP contribution in [0.4, 0.5) is 0 Å². The molecule has 2 aromatic rings. The van der Waals surface area contributed by atoms with E-state index >= 15 is 0 Å². The highest BCUT2D eigenvalue weighted by Crippen LogP contribution is 2.41. The fraction of sp³-hybridized carbons (Fsp3) is 0.615. The highest BCUT2D eigenvalue weighted by atomic mass is 16.5. The Morgan fingerprint density at radius 2 is 2.29 bits per heavy atom. The first kappa shape index (κ1) is 13.7. The van der Waals surface area contributed by atoms with Crippen LogP contribution < -0.4 is 0 Å². The Labute approximate surface area is 121 Å². The summed E-state index contributed by atoms with van der Waals surface area (Å²) < 4.78 is 6.76. The van der Waals surface area contributed by atoms with Gasteiger partial charge >= 0.3 is 5.97 Å². The van der Waals surface area contributed by atoms with E-state index in [9.17, 15) is 4.79 Å². The Hall–Kier alpha value is -2.25. The second-order valence-corrected chi connectivity index (χ2v) is 5.27. The van der Waals surface area contributed by atoms with E-state index in [4.69, 9.17) is 9.63 Å². The standard InChI is InChI=1S/C13H17N5O3/c1-2-3-4-9-14-10(21-16-9)7-18-12(8-5-6-8)11(13(19)20)15-17-18/h8H,2-7H2,1H3,(H,19,20). The molecule has 8 nitrogen and oxygen atoms in total. The summed E-state index contributed by atoms with van der Waals surface area (Å²) in [5.74, 6) is 0.300. The molecule has 112 valence electrons. The quantitative estimate of drug-likeness (QED) is 0.826. The Balaban J connectivity index is 1.78. The largest absolute Gasteiger partial charge is 0.476 e. The van der Waals surface area contributed by atoms with Gasteiger partial charge in [0.05, 0.1) is 5.69 Å². The van der Waals surface area contributed by atoms with Gasteiger partial charge < -0.3 is 9.63 Å². The molecule has 1 fully saturated rings. The van der Waals surface area contributed by atoms with Crippen molar-refractivity contribution in [3.63, 3.8) is 0 Å². The number of carboxylic acid groups (broad SMARTS) is 1. The van der Waals surface area contributed by atoms with Crippen molar-refractivity contribution in [3.8, 4) is 0 Å². The molecule has 8 heteroatoms. The summed E-state index contributed by atoms with van der Waals surface area (Å²) in [7, 11) is 0. The van der Waals surface area contributed by atoms with E-state index in [0.717, 1.165) is 32.1 Å². The molecule has 2 aromatic heterocycles. The van der Waals surface area contributed by atoms with Gasteiger partial charge in [0.15, 0.2) is 11.5 Å². The molecule has 0 aromatic carbocycles. The van der Waals surface area contributed by atoms with Crippen LogP contribution in [0.3, 0.4) is 0 Å². The minimum atomic E-state index is -1.04. The monoisotopic (exact) mass is 291 g/mol. The molecule has 0 aliphatic heterocycles. The van der Waals surface area contributed by atoms with E-state index in [-0.39, 0.29) is 18.2 Å². The van der Waals surface area contributed by atoms with Gasteiger partial charge in [-0.15, -0.1) is 5.10 Å². The third-order valence-corrected chi connectivity index (χ3v) is 3.49. The van der Waals surface area contributed by atoms with E-state index in [1.807, 2.05) is 0 Å². The number of aromatic carboxylic acids is 1. The van der Waals surface area contributed by atoms with Crippen molar-refractivity contribution in [3.05, 3.63) is 23.1 Å². The van der Waals surface area contributed by atoms with Gasteiger partial charge in [-0.3, -0.25) is 0 Å². The normalized spacial score (nSPS) is 14.5. The molecule has 1 saturated carbocycles. The average molecular weight is 291 g/mol. The predicted octanol–water partition coefficient (Wildman–Crippen LogP) is 1.63. The Bertz CT molecular complexity index is 644. The van der Waals surface area contributed by atoms with Crippen molar-refractivity contribution >= 4 is 5.97 Å². The van der Waals surface area contributed by atoms with Gasteiger partial charge in [0.25, 0.3) is 0 Å². The molecule has 3 rings (SSSR count). The molecule has 0 saturated heterocycles. The van der Waals surface area contributed by atoms with Gasteiger partial charge in [0, 0.05) is 12.3 Å². The van der Waals surface area contributed by atoms with E-state index in [1.54, 1.807) is 4.68 Å². The molecule has 0 atom stereocenters. The van der Waals surface area contributed by atoms with Crippen LogP contribution in [0.1, 0.15) is 66.4 Å². The van der Waals surface area contributed by atoms with Gasteiger partial charge in [-0.1, -0.05) is 23.7 Å². The zero-order valence-electron chi connectivity index (χ0n) is 11.8. The van der Waals surface area contributed by atoms with Crippen LogP contribution in [0.5, 0.6) is 0 Å². The van der Waals surface area contributed by atoms with Crippen LogP contribution in [-0.2, 0) is 13.0 Å². The van der Waals surface area contributed by atoms with Crippen molar-refractivity contribution in [1.29, 1.82) is 0 Å². The minimum Gasteiger partial charge on any atom is -0.476 e. The summed E-state index contributed by atoms with van der Waals surface area (Å²) in [6, 6.07) is 0. The second-order valence-electron chi connectivity index (χ2n) is 5.27. The maximum Gasteiger partial charge on any atom is 0.358 e. The highest BCUT2D eigenvalue weighted by Gasteiger charge is 2.34. The highest BCUT2D eigenvalue weighted by molar-refractivity contribution is 5.86. The van der Waals surface area contributed by atoms with Gasteiger partial charge in [-0.05, 0) is 19.3 Å². The number of carboxylic acids is 1. The third kappa shape index (κ3) is 2.93. The molecule has 0 spiro atoms. The van der Waals surface area contributed by atoms with E-state index in [1.165, 1.54) is 0 Å². The molecule has 0 radical (unpaired) electrons. The maximum atomic E-state index is 11.2. The number of aryl methyl sites for hydroxylation is 1. The van der Waals surface area contributed by atoms with Gasteiger partial charge in [-0.2, -0.15) is 4.98 Å². The third-order valence-electron chi connectivity index (χ3n) is 3.49. The SMILES string of the molecule is CCCCc1noc(Cn2nnc(C(=O)O)c2C2CC2)n1. The lowest BCUT2D eigenvalue weighted by molar-refractivity contribution is 0.0689. The average Bonchev–Trinajstić information content (AvgIpc) is 3.05. The minimum absolute atomic E-state index is 0.0308. The van der Waals surface area contributed by atoms with E-state index in [2.05, 4.69) is 27.4 Å². The maximum absolute atomic E-state index is 11.2. The lowest BCUT2D eigenvalue weighted by atomic mass is 10.2. The number of rotatable bonds is 7. The molecule has 1 aliphatic rings. The predicted molar refractivity (Wildman–Crippen MR) is 71.0 cm³/mol. The zero-order chi connectivity index (χ0) is 14.8. The lowest BCUT2D eigenvalue weighted by Crippen LogP contribution is -2.09. The van der Waals surface area contributed by atoms with Crippen LogP contribution >= 0.6 is 0 Å². The van der Waals surface area contributed by atoms with Crippen molar-refractivity contribution in [2.24, 2.45) is 0 Å². The Kier molecular flexibility index (Phi) is 3.68. The molecule has 0 amide bonds. The summed E-state index contributed by atoms with van der Waals surface area (Å²) in [6.07, 6.45) is 4.81. The molecule has 21 heavy (non-hydrogen) atoms. The second kappa shape index (κ2) is 5.63. The van der Waals surface area contributed by atoms with Crippen LogP contribution in [0.25, 0.3) is 0 Å². The molecular weight excluding hydrogens is 274 g/mol. The van der Waals surface area contributed by atoms with Crippen LogP contribution in [0.15, 0.2) is 4.52 Å². The van der Waals surface area contributed by atoms with Crippen LogP contribution in [0, 0.1) is 0 Å². The molecule has 1 aliphatic carbocycles. The topological polar surface area (TPSA) is 107 Å². The summed E-state index contributed by atoms with van der Waals surface area (Å²) in [5.41, 5.74) is 0.694. The summed E-state index contributed by atoms with van der Waals surface area (Å²) in [4.78, 5) is 15.5. The number of hydrogen-bond acceptors (Lipinski definition) is 6. The fourth-order valence-electron chi connectivity index (χ4n) is 2.27. The number of aromatic nitrogens is 5. The summed E-state index contributed by atoms with van der Waals surface area (Å²) in [6.45, 7) is 2.37. The van der Waals surface area contributed by atoms with E-state index in [0.29, 0.717) is 17.4 Å². The van der Waals surface area contributed by atoms with Crippen molar-refractivity contribution in [1.82, 2.24) is 25.1 Å². The first-order valence-corrected chi connectivity index (χ1v) is 7.17. The molecule has 0 unspecified atom stereocenters. The lowest BCUT2D eigenvalue weighted by Gasteiger charge is -2.02. The van der Waals surface area contributed by atoms with Crippen molar-refractivity contribution < 1.29 is 14.4 Å². The van der Waals surface area contributed by atoms with E-state index < -0.39 is 5.97 Å². The Morgan fingerprint density at radius 3 is 2.95 bits per heavy atom. The Morgan fingerprint density at radius 1 is 1.48 bits per heavy atom.